The molecule has 0 aliphatic heterocycles. The molecule has 0 saturated heterocycles. The highest BCUT2D eigenvalue weighted by molar-refractivity contribution is 7.98. The van der Waals surface area contributed by atoms with Crippen LogP contribution in [0.2, 0.25) is 5.02 Å². The number of thioether (sulfide) groups is 1. The van der Waals surface area contributed by atoms with Gasteiger partial charge in [-0.05, 0) is 18.6 Å². The molecule has 0 fully saturated rings. The predicted molar refractivity (Wildman–Crippen MR) is 79.6 cm³/mol. The fourth-order valence-corrected chi connectivity index (χ4v) is 2.74. The van der Waals surface area contributed by atoms with Crippen LogP contribution in [-0.2, 0) is 5.75 Å². The van der Waals surface area contributed by atoms with E-state index in [1.54, 1.807) is 18.0 Å². The van der Waals surface area contributed by atoms with Crippen molar-refractivity contribution < 1.29 is 0 Å². The van der Waals surface area contributed by atoms with Crippen molar-refractivity contribution in [3.8, 4) is 0 Å². The van der Waals surface area contributed by atoms with Crippen molar-refractivity contribution in [3.63, 3.8) is 0 Å². The third kappa shape index (κ3) is 2.91. The smallest absolute Gasteiger partial charge is 0.178 e. The van der Waals surface area contributed by atoms with Crippen LogP contribution in [0.5, 0.6) is 0 Å². The third-order valence-electron chi connectivity index (χ3n) is 2.78. The Balaban J connectivity index is 1.76. The van der Waals surface area contributed by atoms with E-state index in [-0.39, 0.29) is 0 Å². The van der Waals surface area contributed by atoms with Crippen molar-refractivity contribution in [2.24, 2.45) is 0 Å². The zero-order valence-electron chi connectivity index (χ0n) is 10.4. The number of halogens is 1. The Hall–Kier alpha value is -1.52. The fourth-order valence-electron chi connectivity index (χ4n) is 1.76. The molecule has 3 nitrogen and oxygen atoms in total. The molecule has 3 aromatic rings. The molecule has 3 rings (SSSR count). The molecule has 0 saturated carbocycles. The number of aromatic nitrogens is 3. The summed E-state index contributed by atoms with van der Waals surface area (Å²) in [5.74, 6) is 0.883. The van der Waals surface area contributed by atoms with Crippen LogP contribution < -0.4 is 0 Å². The molecule has 5 heteroatoms. The molecule has 1 aromatic carbocycles. The lowest BCUT2D eigenvalue weighted by Gasteiger charge is -1.99. The second-order valence-corrected chi connectivity index (χ2v) is 5.74. The summed E-state index contributed by atoms with van der Waals surface area (Å²) < 4.78 is 0. The van der Waals surface area contributed by atoms with E-state index in [9.17, 15) is 0 Å². The highest BCUT2D eigenvalue weighted by Gasteiger charge is 2.05. The van der Waals surface area contributed by atoms with Crippen LogP contribution in [0.15, 0.2) is 41.7 Å². The van der Waals surface area contributed by atoms with Gasteiger partial charge in [-0.15, -0.1) is 0 Å². The molecule has 1 N–H and O–H groups in total. The second kappa shape index (κ2) is 5.23. The number of aromatic amines is 1. The largest absolute Gasteiger partial charge is 0.331 e. The Morgan fingerprint density at radius 2 is 2.05 bits per heavy atom. The third-order valence-corrected chi connectivity index (χ3v) is 3.93. The molecule has 2 aromatic heterocycles. The van der Waals surface area contributed by atoms with Gasteiger partial charge in [0.1, 0.15) is 0 Å². The second-order valence-electron chi connectivity index (χ2n) is 4.34. The summed E-state index contributed by atoms with van der Waals surface area (Å²) in [6.07, 6.45) is 1.61. The van der Waals surface area contributed by atoms with Crippen molar-refractivity contribution in [1.29, 1.82) is 0 Å². The quantitative estimate of drug-likeness (QED) is 0.734. The monoisotopic (exact) mass is 289 g/mol. The minimum absolute atomic E-state index is 0.617. The number of nitrogens with one attached hydrogen (secondary N) is 1. The summed E-state index contributed by atoms with van der Waals surface area (Å²) in [4.78, 5) is 11.8. The Morgan fingerprint density at radius 3 is 2.84 bits per heavy atom. The number of hydrogen-bond donors (Lipinski definition) is 1. The summed E-state index contributed by atoms with van der Waals surface area (Å²) in [5, 5.41) is 1.48. The van der Waals surface area contributed by atoms with Crippen LogP contribution in [0, 0.1) is 6.92 Å². The molecule has 0 radical (unpaired) electrons. The van der Waals surface area contributed by atoms with Crippen LogP contribution in [-0.4, -0.2) is 15.0 Å². The van der Waals surface area contributed by atoms with Crippen molar-refractivity contribution in [3.05, 3.63) is 52.7 Å². The standard InChI is InChI=1S/C14H12ClN3S/c1-9-2-4-10(5-3-9)8-19-14-17-12-6-11(15)7-16-13(12)18-14/h2-7H,8H2,1H3,(H,16,17,18). The van der Waals surface area contributed by atoms with E-state index in [0.717, 1.165) is 16.4 Å². The van der Waals surface area contributed by atoms with Gasteiger partial charge in [-0.25, -0.2) is 9.97 Å². The molecule has 0 spiro atoms. The molecule has 0 aliphatic carbocycles. The van der Waals surface area contributed by atoms with Gasteiger partial charge in [-0.3, -0.25) is 0 Å². The first-order valence-electron chi connectivity index (χ1n) is 5.90. The van der Waals surface area contributed by atoms with Gasteiger partial charge in [-0.2, -0.15) is 0 Å². The summed E-state index contributed by atoms with van der Waals surface area (Å²) in [7, 11) is 0. The highest BCUT2D eigenvalue weighted by atomic mass is 35.5. The molecule has 0 bridgehead atoms. The number of H-pyrrole nitrogens is 1. The highest BCUT2D eigenvalue weighted by Crippen LogP contribution is 2.23. The number of hydrogen-bond acceptors (Lipinski definition) is 3. The van der Waals surface area contributed by atoms with E-state index in [4.69, 9.17) is 11.6 Å². The van der Waals surface area contributed by atoms with E-state index >= 15 is 0 Å². The summed E-state index contributed by atoms with van der Waals surface area (Å²) in [6.45, 7) is 2.09. The molecule has 0 atom stereocenters. The minimum atomic E-state index is 0.617. The average molecular weight is 290 g/mol. The lowest BCUT2D eigenvalue weighted by atomic mass is 10.2. The van der Waals surface area contributed by atoms with E-state index in [2.05, 4.69) is 46.1 Å². The number of rotatable bonds is 3. The van der Waals surface area contributed by atoms with Gasteiger partial charge < -0.3 is 4.98 Å². The molecule has 2 heterocycles. The first-order valence-corrected chi connectivity index (χ1v) is 7.27. The van der Waals surface area contributed by atoms with Gasteiger partial charge in [0, 0.05) is 11.9 Å². The molecule has 96 valence electrons. The normalized spacial score (nSPS) is 11.1. The molecule has 0 amide bonds. The van der Waals surface area contributed by atoms with Crippen molar-refractivity contribution >= 4 is 34.5 Å². The predicted octanol–water partition coefficient (Wildman–Crippen LogP) is 4.21. The topological polar surface area (TPSA) is 41.6 Å². The Bertz CT molecular complexity index is 706. The van der Waals surface area contributed by atoms with Crippen LogP contribution in [0.25, 0.3) is 11.2 Å². The van der Waals surface area contributed by atoms with Crippen molar-refractivity contribution in [2.45, 2.75) is 17.8 Å². The number of aryl methyl sites for hydroxylation is 1. The Morgan fingerprint density at radius 1 is 1.26 bits per heavy atom. The zero-order chi connectivity index (χ0) is 13.2. The first-order chi connectivity index (χ1) is 9.20. The molecule has 0 aliphatic rings. The Labute approximate surface area is 120 Å². The number of benzene rings is 1. The van der Waals surface area contributed by atoms with Crippen LogP contribution in [0.1, 0.15) is 11.1 Å². The number of nitrogens with zero attached hydrogens (tertiary/aromatic N) is 2. The SMILES string of the molecule is Cc1ccc(CSc2nc3ncc(Cl)cc3[nH]2)cc1. The minimum Gasteiger partial charge on any atom is -0.331 e. The van der Waals surface area contributed by atoms with Crippen LogP contribution in [0.4, 0.5) is 0 Å². The number of imidazole rings is 1. The van der Waals surface area contributed by atoms with Crippen molar-refractivity contribution in [2.75, 3.05) is 0 Å². The van der Waals surface area contributed by atoms with Gasteiger partial charge in [0.05, 0.1) is 10.5 Å². The van der Waals surface area contributed by atoms with Gasteiger partial charge in [0.2, 0.25) is 0 Å². The zero-order valence-corrected chi connectivity index (χ0v) is 11.9. The summed E-state index contributed by atoms with van der Waals surface area (Å²) >= 11 is 7.56. The van der Waals surface area contributed by atoms with Gasteiger partial charge in [0.25, 0.3) is 0 Å². The Kier molecular flexibility index (Phi) is 3.44. The summed E-state index contributed by atoms with van der Waals surface area (Å²) in [6, 6.07) is 10.4. The maximum atomic E-state index is 5.90. The van der Waals surface area contributed by atoms with E-state index in [0.29, 0.717) is 10.7 Å². The first kappa shape index (κ1) is 12.5. The van der Waals surface area contributed by atoms with Gasteiger partial charge in [0.15, 0.2) is 10.8 Å². The van der Waals surface area contributed by atoms with E-state index in [1.165, 1.54) is 11.1 Å². The molecular formula is C14H12ClN3S. The number of pyridine rings is 1. The van der Waals surface area contributed by atoms with Crippen molar-refractivity contribution in [1.82, 2.24) is 15.0 Å². The molecular weight excluding hydrogens is 278 g/mol. The average Bonchev–Trinajstić information content (AvgIpc) is 2.80. The number of fused-ring (bicyclic) bond motifs is 1. The van der Waals surface area contributed by atoms with Crippen LogP contribution >= 0.6 is 23.4 Å². The molecule has 0 unspecified atom stereocenters. The van der Waals surface area contributed by atoms with E-state index in [1.807, 2.05) is 6.07 Å². The lowest BCUT2D eigenvalue weighted by Crippen LogP contribution is -1.82. The maximum Gasteiger partial charge on any atom is 0.178 e. The fraction of sp³-hybridized carbons (Fsp3) is 0.143. The van der Waals surface area contributed by atoms with Gasteiger partial charge >= 0.3 is 0 Å². The lowest BCUT2D eigenvalue weighted by molar-refractivity contribution is 1.07. The van der Waals surface area contributed by atoms with E-state index < -0.39 is 0 Å². The van der Waals surface area contributed by atoms with Crippen LogP contribution in [0.3, 0.4) is 0 Å². The molecule has 19 heavy (non-hydrogen) atoms. The maximum absolute atomic E-state index is 5.90. The van der Waals surface area contributed by atoms with Gasteiger partial charge in [-0.1, -0.05) is 53.2 Å². The summed E-state index contributed by atoms with van der Waals surface area (Å²) in [5.41, 5.74) is 4.13.